The summed E-state index contributed by atoms with van der Waals surface area (Å²) >= 11 is 0. The van der Waals surface area contributed by atoms with Gasteiger partial charge in [0.15, 0.2) is 6.35 Å². The molecule has 27 heavy (non-hydrogen) atoms. The maximum Gasteiger partial charge on any atom is 0.242 e. The largest absolute Gasteiger partial charge is 0.457 e. The molecule has 1 fully saturated rings. The number of ether oxygens (including phenoxy) is 1. The smallest absolute Gasteiger partial charge is 0.242 e. The van der Waals surface area contributed by atoms with E-state index in [2.05, 4.69) is 10.6 Å². The van der Waals surface area contributed by atoms with Crippen molar-refractivity contribution in [1.82, 2.24) is 14.9 Å². The van der Waals surface area contributed by atoms with Crippen LogP contribution >= 0.6 is 0 Å². The van der Waals surface area contributed by atoms with Gasteiger partial charge in [-0.25, -0.2) is 8.42 Å². The van der Waals surface area contributed by atoms with Gasteiger partial charge in [-0.1, -0.05) is 17.7 Å². The van der Waals surface area contributed by atoms with Crippen LogP contribution in [0.1, 0.15) is 5.56 Å². The number of carbonyl (C=O) groups excluding carboxylic acids is 1. The third-order valence-corrected chi connectivity index (χ3v) is 6.02. The first kappa shape index (κ1) is 19.3. The van der Waals surface area contributed by atoms with Crippen molar-refractivity contribution < 1.29 is 23.1 Å². The highest BCUT2D eigenvalue weighted by molar-refractivity contribution is 7.89. The number of nitrogens with zero attached hydrogens (tertiary/aromatic N) is 1. The molecule has 0 spiro atoms. The zero-order valence-corrected chi connectivity index (χ0v) is 15.7. The van der Waals surface area contributed by atoms with Crippen LogP contribution < -0.4 is 15.4 Å². The molecule has 0 saturated carbocycles. The van der Waals surface area contributed by atoms with Gasteiger partial charge in [-0.15, -0.1) is 0 Å². The van der Waals surface area contributed by atoms with E-state index in [1.165, 1.54) is 19.2 Å². The fourth-order valence-electron chi connectivity index (χ4n) is 2.64. The second-order valence-corrected chi connectivity index (χ2v) is 8.35. The average Bonchev–Trinajstić information content (AvgIpc) is 2.94. The number of aliphatic hydroxyl groups is 1. The molecular weight excluding hydrogens is 370 g/mol. The molecule has 3 rings (SSSR count). The molecule has 1 aliphatic heterocycles. The Hall–Kier alpha value is -2.46. The average molecular weight is 391 g/mol. The van der Waals surface area contributed by atoms with E-state index in [9.17, 15) is 18.3 Å². The number of aryl methyl sites for hydroxylation is 1. The Morgan fingerprint density at radius 3 is 2.15 bits per heavy atom. The molecule has 1 amide bonds. The van der Waals surface area contributed by atoms with Gasteiger partial charge in [0.1, 0.15) is 17.5 Å². The number of amides is 1. The van der Waals surface area contributed by atoms with Gasteiger partial charge >= 0.3 is 0 Å². The first-order chi connectivity index (χ1) is 12.8. The van der Waals surface area contributed by atoms with Gasteiger partial charge < -0.3 is 15.2 Å². The minimum Gasteiger partial charge on any atom is -0.457 e. The second-order valence-electron chi connectivity index (χ2n) is 6.30. The van der Waals surface area contributed by atoms with Crippen molar-refractivity contribution in [2.75, 3.05) is 13.6 Å². The summed E-state index contributed by atoms with van der Waals surface area (Å²) in [5.41, 5.74) is 1.12. The molecule has 1 heterocycles. The van der Waals surface area contributed by atoms with Gasteiger partial charge in [-0.3, -0.25) is 10.1 Å². The molecule has 2 aromatic rings. The normalized spacial score (nSPS) is 19.9. The molecule has 3 N–H and O–H groups in total. The number of hydrogen-bond donors (Lipinski definition) is 3. The molecule has 0 radical (unpaired) electrons. The molecule has 8 nitrogen and oxygen atoms in total. The topological polar surface area (TPSA) is 108 Å². The van der Waals surface area contributed by atoms with Crippen molar-refractivity contribution in [2.45, 2.75) is 24.2 Å². The van der Waals surface area contributed by atoms with Crippen LogP contribution in [0.2, 0.25) is 0 Å². The predicted molar refractivity (Wildman–Crippen MR) is 98.6 cm³/mol. The Labute approximate surface area is 157 Å². The Balaban J connectivity index is 1.69. The van der Waals surface area contributed by atoms with E-state index in [1.807, 2.05) is 31.2 Å². The number of nitrogens with one attached hydrogen (secondary N) is 2. The first-order valence-corrected chi connectivity index (χ1v) is 9.75. The molecule has 1 saturated heterocycles. The van der Waals surface area contributed by atoms with E-state index in [0.717, 1.165) is 9.87 Å². The van der Waals surface area contributed by atoms with Crippen LogP contribution in [-0.2, 0) is 14.8 Å². The minimum atomic E-state index is -3.79. The number of hydrogen-bond acceptors (Lipinski definition) is 6. The molecule has 0 aliphatic carbocycles. The molecule has 2 aromatic carbocycles. The van der Waals surface area contributed by atoms with Crippen molar-refractivity contribution in [2.24, 2.45) is 0 Å². The third kappa shape index (κ3) is 4.45. The number of likely N-dealkylation sites (N-methyl/N-ethyl adjacent to an activating group) is 1. The molecule has 1 aliphatic rings. The number of benzene rings is 2. The molecule has 1 unspecified atom stereocenters. The van der Waals surface area contributed by atoms with Crippen molar-refractivity contribution >= 4 is 15.9 Å². The summed E-state index contributed by atoms with van der Waals surface area (Å²) in [4.78, 5) is 11.7. The highest BCUT2D eigenvalue weighted by Gasteiger charge is 2.33. The quantitative estimate of drug-likeness (QED) is 0.671. The van der Waals surface area contributed by atoms with Crippen molar-refractivity contribution in [3.8, 4) is 11.5 Å². The van der Waals surface area contributed by atoms with Crippen LogP contribution in [0.25, 0.3) is 0 Å². The summed E-state index contributed by atoms with van der Waals surface area (Å²) in [6, 6.07) is 12.8. The van der Waals surface area contributed by atoms with Gasteiger partial charge in [0, 0.05) is 13.6 Å². The van der Waals surface area contributed by atoms with E-state index < -0.39 is 28.3 Å². The van der Waals surface area contributed by atoms with Crippen molar-refractivity contribution in [1.29, 1.82) is 0 Å². The Morgan fingerprint density at radius 1 is 1.07 bits per heavy atom. The summed E-state index contributed by atoms with van der Waals surface area (Å²) in [6.07, 6.45) is -1.17. The van der Waals surface area contributed by atoms with Crippen LogP contribution in [0.4, 0.5) is 0 Å². The van der Waals surface area contributed by atoms with E-state index in [4.69, 9.17) is 4.74 Å². The second kappa shape index (κ2) is 7.65. The highest BCUT2D eigenvalue weighted by atomic mass is 32.2. The Kier molecular flexibility index (Phi) is 5.47. The van der Waals surface area contributed by atoms with Crippen LogP contribution in [0.5, 0.6) is 11.5 Å². The fraction of sp³-hybridized carbons (Fsp3) is 0.278. The zero-order chi connectivity index (χ0) is 19.6. The number of aliphatic hydroxyl groups excluding tert-OH is 1. The molecular formula is C18H21N3O5S. The first-order valence-electron chi connectivity index (χ1n) is 8.31. The van der Waals surface area contributed by atoms with Gasteiger partial charge in [0.25, 0.3) is 0 Å². The molecule has 0 bridgehead atoms. The van der Waals surface area contributed by atoms with Gasteiger partial charge in [0.2, 0.25) is 15.9 Å². The predicted octanol–water partition coefficient (Wildman–Crippen LogP) is 0.772. The number of sulfonamides is 1. The zero-order valence-electron chi connectivity index (χ0n) is 14.9. The summed E-state index contributed by atoms with van der Waals surface area (Å²) in [7, 11) is -2.41. The van der Waals surface area contributed by atoms with E-state index in [0.29, 0.717) is 11.5 Å². The summed E-state index contributed by atoms with van der Waals surface area (Å²) < 4.78 is 32.1. The lowest BCUT2D eigenvalue weighted by Gasteiger charge is -2.20. The highest BCUT2D eigenvalue weighted by Crippen LogP contribution is 2.24. The lowest BCUT2D eigenvalue weighted by Crippen LogP contribution is -2.43. The van der Waals surface area contributed by atoms with Crippen LogP contribution in [-0.4, -0.2) is 49.7 Å². The van der Waals surface area contributed by atoms with Gasteiger partial charge in [0.05, 0.1) is 4.90 Å². The maximum absolute atomic E-state index is 12.7. The van der Waals surface area contributed by atoms with Crippen molar-refractivity contribution in [3.05, 3.63) is 54.1 Å². The van der Waals surface area contributed by atoms with Crippen molar-refractivity contribution in [3.63, 3.8) is 0 Å². The molecule has 9 heteroatoms. The number of carbonyl (C=O) groups is 1. The Bertz CT molecular complexity index is 913. The lowest BCUT2D eigenvalue weighted by molar-refractivity contribution is -0.121. The van der Waals surface area contributed by atoms with Crippen LogP contribution in [0.3, 0.4) is 0 Å². The van der Waals surface area contributed by atoms with Crippen LogP contribution in [0, 0.1) is 6.92 Å². The maximum atomic E-state index is 12.7. The minimum absolute atomic E-state index is 0.0835. The third-order valence-electron chi connectivity index (χ3n) is 4.18. The SMILES string of the molecule is Cc1ccc(Oc2ccc(S(=O)(=O)N(C)C[C@@H]3NC(O)NC3=O)cc2)cc1. The monoisotopic (exact) mass is 391 g/mol. The summed E-state index contributed by atoms with van der Waals surface area (Å²) in [5, 5.41) is 14.2. The molecule has 0 aromatic heterocycles. The Morgan fingerprint density at radius 2 is 1.63 bits per heavy atom. The van der Waals surface area contributed by atoms with E-state index >= 15 is 0 Å². The van der Waals surface area contributed by atoms with Gasteiger partial charge in [-0.05, 0) is 43.3 Å². The molecule has 144 valence electrons. The van der Waals surface area contributed by atoms with Gasteiger partial charge in [-0.2, -0.15) is 4.31 Å². The fourth-order valence-corrected chi connectivity index (χ4v) is 3.82. The summed E-state index contributed by atoms with van der Waals surface area (Å²) in [6.45, 7) is 1.87. The number of rotatable bonds is 6. The standard InChI is InChI=1S/C18H21N3O5S/c1-12-3-5-13(6-4-12)26-14-7-9-15(10-8-14)27(24,25)21(2)11-16-17(22)20-18(23)19-16/h3-10,16,18-19,23H,11H2,1-2H3,(H,20,22)/t16-,18?/m0/s1. The van der Waals surface area contributed by atoms with Crippen LogP contribution in [0.15, 0.2) is 53.4 Å². The van der Waals surface area contributed by atoms with E-state index in [-0.39, 0.29) is 11.4 Å². The summed E-state index contributed by atoms with van der Waals surface area (Å²) in [5.74, 6) is 0.719. The molecule has 2 atom stereocenters. The van der Waals surface area contributed by atoms with E-state index in [1.54, 1.807) is 12.1 Å². The lowest BCUT2D eigenvalue weighted by atomic mass is 10.2.